The lowest BCUT2D eigenvalue weighted by atomic mass is 9.99. The van der Waals surface area contributed by atoms with Crippen LogP contribution < -0.4 is 15.1 Å². The van der Waals surface area contributed by atoms with E-state index >= 15 is 0 Å². The first-order chi connectivity index (χ1) is 13.7. The van der Waals surface area contributed by atoms with Gasteiger partial charge in [-0.25, -0.2) is 9.37 Å². The summed E-state index contributed by atoms with van der Waals surface area (Å²) in [7, 11) is 0. The molecule has 0 unspecified atom stereocenters. The Labute approximate surface area is 164 Å². The van der Waals surface area contributed by atoms with Gasteiger partial charge < -0.3 is 19.9 Å². The normalized spacial score (nSPS) is 17.6. The quantitative estimate of drug-likeness (QED) is 0.816. The molecule has 1 aromatic carbocycles. The number of halogens is 1. The molecule has 0 spiro atoms. The summed E-state index contributed by atoms with van der Waals surface area (Å²) in [5.41, 5.74) is 3.80. The minimum Gasteiger partial charge on any atom is -0.378 e. The Bertz CT molecular complexity index is 841. The Morgan fingerprint density at radius 3 is 2.54 bits per heavy atom. The lowest BCUT2D eigenvalue weighted by molar-refractivity contribution is 0.111. The third-order valence-corrected chi connectivity index (χ3v) is 5.28. The van der Waals surface area contributed by atoms with Gasteiger partial charge in [0.1, 0.15) is 11.6 Å². The third-order valence-electron chi connectivity index (χ3n) is 5.28. The van der Waals surface area contributed by atoms with Crippen molar-refractivity contribution in [2.24, 2.45) is 0 Å². The van der Waals surface area contributed by atoms with Crippen molar-refractivity contribution in [2.75, 3.05) is 62.3 Å². The Kier molecular flexibility index (Phi) is 5.54. The molecule has 0 bridgehead atoms. The first-order valence-corrected chi connectivity index (χ1v) is 9.71. The third kappa shape index (κ3) is 3.72. The van der Waals surface area contributed by atoms with E-state index in [0.29, 0.717) is 37.7 Å². The first kappa shape index (κ1) is 18.8. The number of morpholine rings is 1. The van der Waals surface area contributed by atoms with Crippen LogP contribution in [-0.2, 0) is 4.74 Å². The van der Waals surface area contributed by atoms with Gasteiger partial charge in [0.2, 0.25) is 0 Å². The molecule has 28 heavy (non-hydrogen) atoms. The number of anilines is 2. The van der Waals surface area contributed by atoms with E-state index in [-0.39, 0.29) is 5.82 Å². The van der Waals surface area contributed by atoms with Crippen LogP contribution in [0.3, 0.4) is 0 Å². The molecule has 2 aliphatic heterocycles. The molecule has 4 rings (SSSR count). The van der Waals surface area contributed by atoms with E-state index in [4.69, 9.17) is 4.74 Å². The fourth-order valence-electron chi connectivity index (χ4n) is 3.98. The number of nitrogens with one attached hydrogen (secondary N) is 1. The molecule has 0 amide bonds. The van der Waals surface area contributed by atoms with Crippen LogP contribution in [0.1, 0.15) is 15.9 Å². The number of aromatic nitrogens is 1. The van der Waals surface area contributed by atoms with Gasteiger partial charge in [-0.15, -0.1) is 0 Å². The highest BCUT2D eigenvalue weighted by Gasteiger charge is 2.25. The van der Waals surface area contributed by atoms with E-state index in [0.717, 1.165) is 54.8 Å². The Balaban J connectivity index is 1.88. The zero-order valence-corrected chi connectivity index (χ0v) is 16.1. The second kappa shape index (κ2) is 8.24. The summed E-state index contributed by atoms with van der Waals surface area (Å²) in [4.78, 5) is 21.2. The summed E-state index contributed by atoms with van der Waals surface area (Å²) < 4.78 is 19.5. The molecule has 7 heteroatoms. The second-order valence-corrected chi connectivity index (χ2v) is 7.23. The number of nitrogens with zero attached hydrogens (tertiary/aromatic N) is 3. The molecule has 1 N–H and O–H groups in total. The van der Waals surface area contributed by atoms with Gasteiger partial charge in [-0.05, 0) is 30.2 Å². The topological polar surface area (TPSA) is 57.7 Å². The molecule has 2 fully saturated rings. The summed E-state index contributed by atoms with van der Waals surface area (Å²) in [5, 5.41) is 3.34. The standard InChI is InChI=1S/C21H25FN4O2/c1-15-10-16(12-17(22)11-15)18-13-24-21(26-6-8-28-9-7-26)19(14-27)20(18)25-4-2-23-3-5-25/h10-14,23H,2-9H2,1H3. The van der Waals surface area contributed by atoms with E-state index in [1.54, 1.807) is 6.20 Å². The van der Waals surface area contributed by atoms with E-state index in [1.807, 2.05) is 13.0 Å². The number of piperazine rings is 1. The fraction of sp³-hybridized carbons (Fsp3) is 0.429. The van der Waals surface area contributed by atoms with E-state index in [2.05, 4.69) is 20.1 Å². The van der Waals surface area contributed by atoms with Gasteiger partial charge >= 0.3 is 0 Å². The molecule has 0 aliphatic carbocycles. The van der Waals surface area contributed by atoms with Crippen LogP contribution in [0.4, 0.5) is 15.9 Å². The van der Waals surface area contributed by atoms with Crippen LogP contribution >= 0.6 is 0 Å². The summed E-state index contributed by atoms with van der Waals surface area (Å²) in [6, 6.07) is 4.96. The highest BCUT2D eigenvalue weighted by Crippen LogP contribution is 2.38. The molecule has 3 heterocycles. The fourth-order valence-corrected chi connectivity index (χ4v) is 3.98. The molecule has 0 radical (unpaired) electrons. The molecular formula is C21H25FN4O2. The second-order valence-electron chi connectivity index (χ2n) is 7.23. The summed E-state index contributed by atoms with van der Waals surface area (Å²) in [6.07, 6.45) is 2.67. The van der Waals surface area contributed by atoms with Crippen LogP contribution in [0.15, 0.2) is 24.4 Å². The van der Waals surface area contributed by atoms with Gasteiger partial charge in [-0.3, -0.25) is 4.79 Å². The van der Waals surface area contributed by atoms with Gasteiger partial charge in [0.15, 0.2) is 6.29 Å². The molecule has 2 saturated heterocycles. The van der Waals surface area contributed by atoms with Gasteiger partial charge in [-0.2, -0.15) is 0 Å². The Morgan fingerprint density at radius 1 is 1.11 bits per heavy atom. The minimum absolute atomic E-state index is 0.286. The molecule has 1 aromatic heterocycles. The number of aldehydes is 1. The molecule has 2 aliphatic rings. The number of aryl methyl sites for hydroxylation is 1. The van der Waals surface area contributed by atoms with Crippen molar-refractivity contribution in [3.8, 4) is 11.1 Å². The van der Waals surface area contributed by atoms with E-state index < -0.39 is 0 Å². The average molecular weight is 384 g/mol. The molecule has 2 aromatic rings. The molecular weight excluding hydrogens is 359 g/mol. The minimum atomic E-state index is -0.286. The van der Waals surface area contributed by atoms with Crippen LogP contribution in [0.5, 0.6) is 0 Å². The van der Waals surface area contributed by atoms with E-state index in [1.165, 1.54) is 12.1 Å². The lowest BCUT2D eigenvalue weighted by Crippen LogP contribution is -2.44. The largest absolute Gasteiger partial charge is 0.378 e. The number of hydrogen-bond donors (Lipinski definition) is 1. The van der Waals surface area contributed by atoms with Crippen LogP contribution in [-0.4, -0.2) is 63.8 Å². The number of carbonyl (C=O) groups is 1. The number of benzene rings is 1. The summed E-state index contributed by atoms with van der Waals surface area (Å²) >= 11 is 0. The number of pyridine rings is 1. The Morgan fingerprint density at radius 2 is 1.86 bits per heavy atom. The molecule has 0 atom stereocenters. The number of carbonyl (C=O) groups excluding carboxylic acids is 1. The molecule has 6 nitrogen and oxygen atoms in total. The van der Waals surface area contributed by atoms with Crippen molar-refractivity contribution < 1.29 is 13.9 Å². The number of rotatable bonds is 4. The van der Waals surface area contributed by atoms with Crippen molar-refractivity contribution >= 4 is 17.8 Å². The first-order valence-electron chi connectivity index (χ1n) is 9.71. The van der Waals surface area contributed by atoms with Crippen LogP contribution in [0.2, 0.25) is 0 Å². The van der Waals surface area contributed by atoms with Gasteiger partial charge in [0.25, 0.3) is 0 Å². The molecule has 148 valence electrons. The predicted molar refractivity (Wildman–Crippen MR) is 108 cm³/mol. The van der Waals surface area contributed by atoms with E-state index in [9.17, 15) is 9.18 Å². The Hall–Kier alpha value is -2.51. The van der Waals surface area contributed by atoms with Crippen molar-refractivity contribution in [3.63, 3.8) is 0 Å². The van der Waals surface area contributed by atoms with Gasteiger partial charge in [0, 0.05) is 51.0 Å². The maximum atomic E-state index is 14.1. The smallest absolute Gasteiger partial charge is 0.155 e. The van der Waals surface area contributed by atoms with Crippen molar-refractivity contribution in [1.82, 2.24) is 10.3 Å². The number of ether oxygens (including phenoxy) is 1. The highest BCUT2D eigenvalue weighted by molar-refractivity contribution is 5.98. The zero-order chi connectivity index (χ0) is 19.5. The predicted octanol–water partition coefficient (Wildman–Crippen LogP) is 2.25. The van der Waals surface area contributed by atoms with Crippen molar-refractivity contribution in [2.45, 2.75) is 6.92 Å². The van der Waals surface area contributed by atoms with Crippen LogP contribution in [0.25, 0.3) is 11.1 Å². The zero-order valence-electron chi connectivity index (χ0n) is 16.1. The summed E-state index contributed by atoms with van der Waals surface area (Å²) in [5.74, 6) is 0.398. The van der Waals surface area contributed by atoms with Gasteiger partial charge in [0.05, 0.1) is 24.5 Å². The lowest BCUT2D eigenvalue weighted by Gasteiger charge is -2.35. The maximum Gasteiger partial charge on any atom is 0.155 e. The van der Waals surface area contributed by atoms with Crippen molar-refractivity contribution in [3.05, 3.63) is 41.3 Å². The maximum absolute atomic E-state index is 14.1. The number of hydrogen-bond acceptors (Lipinski definition) is 6. The van der Waals surface area contributed by atoms with Crippen molar-refractivity contribution in [1.29, 1.82) is 0 Å². The monoisotopic (exact) mass is 384 g/mol. The van der Waals surface area contributed by atoms with Gasteiger partial charge in [-0.1, -0.05) is 6.07 Å². The van der Waals surface area contributed by atoms with Crippen LogP contribution in [0, 0.1) is 12.7 Å². The highest BCUT2D eigenvalue weighted by atomic mass is 19.1. The summed E-state index contributed by atoms with van der Waals surface area (Å²) in [6.45, 7) is 7.77. The molecule has 0 saturated carbocycles. The average Bonchev–Trinajstić information content (AvgIpc) is 2.73. The SMILES string of the molecule is Cc1cc(F)cc(-c2cnc(N3CCOCC3)c(C=O)c2N2CCNCC2)c1.